The lowest BCUT2D eigenvalue weighted by atomic mass is 9.87. The van der Waals surface area contributed by atoms with Crippen molar-refractivity contribution in [1.29, 1.82) is 0 Å². The lowest BCUT2D eigenvalue weighted by Crippen LogP contribution is -2.50. The average Bonchev–Trinajstić information content (AvgIpc) is 3.68. The summed E-state index contributed by atoms with van der Waals surface area (Å²) in [7, 11) is 2.13. The van der Waals surface area contributed by atoms with Gasteiger partial charge in [0, 0.05) is 59.3 Å². The molecule has 2 saturated heterocycles. The Morgan fingerprint density at radius 3 is 2.50 bits per heavy atom. The maximum atomic E-state index is 13.9. The number of thiophene rings is 1. The predicted molar refractivity (Wildman–Crippen MR) is 182 cm³/mol. The van der Waals surface area contributed by atoms with Crippen molar-refractivity contribution in [3.05, 3.63) is 63.0 Å². The minimum atomic E-state index is -0.730. The first-order valence-corrected chi connectivity index (χ1v) is 17.6. The topological polar surface area (TPSA) is 102 Å². The molecule has 6 rings (SSSR count). The summed E-state index contributed by atoms with van der Waals surface area (Å²) < 4.78 is 7.36. The molecule has 12 heteroatoms. The van der Waals surface area contributed by atoms with Crippen LogP contribution in [-0.4, -0.2) is 102 Å². The number of piperazine rings is 1. The number of ether oxygens (including phenoxy) is 1. The molecule has 2 N–H and O–H groups in total. The molecule has 1 aliphatic carbocycles. The summed E-state index contributed by atoms with van der Waals surface area (Å²) in [6, 6.07) is 11.2. The van der Waals surface area contributed by atoms with Crippen LogP contribution in [0.15, 0.2) is 41.8 Å². The Morgan fingerprint density at radius 2 is 1.76 bits per heavy atom. The normalized spacial score (nSPS) is 24.4. The number of anilines is 1. The van der Waals surface area contributed by atoms with E-state index in [1.165, 1.54) is 11.3 Å². The summed E-state index contributed by atoms with van der Waals surface area (Å²) in [5.41, 5.74) is 1.56. The van der Waals surface area contributed by atoms with Crippen molar-refractivity contribution in [1.82, 2.24) is 14.7 Å². The Hall–Kier alpha value is -2.73. The lowest BCUT2D eigenvalue weighted by Gasteiger charge is -2.36. The maximum absolute atomic E-state index is 13.9. The van der Waals surface area contributed by atoms with Crippen LogP contribution in [-0.2, 0) is 20.7 Å². The van der Waals surface area contributed by atoms with Crippen molar-refractivity contribution in [2.45, 2.75) is 56.7 Å². The molecule has 0 radical (unpaired) electrons. The Kier molecular flexibility index (Phi) is 10.5. The number of rotatable bonds is 9. The van der Waals surface area contributed by atoms with Gasteiger partial charge in [-0.25, -0.2) is 0 Å². The predicted octanol–water partition coefficient (Wildman–Crippen LogP) is 5.88. The van der Waals surface area contributed by atoms with Crippen LogP contribution in [0.25, 0.3) is 10.1 Å². The van der Waals surface area contributed by atoms with E-state index in [0.29, 0.717) is 52.9 Å². The van der Waals surface area contributed by atoms with E-state index in [1.54, 1.807) is 12.1 Å². The molecular weight excluding hydrogens is 647 g/mol. The Bertz CT molecular complexity index is 1580. The highest BCUT2D eigenvalue weighted by Gasteiger charge is 2.39. The molecule has 0 unspecified atom stereocenters. The van der Waals surface area contributed by atoms with Gasteiger partial charge in [-0.1, -0.05) is 41.4 Å². The third-order valence-electron chi connectivity index (χ3n) is 9.77. The van der Waals surface area contributed by atoms with E-state index in [9.17, 15) is 19.5 Å². The van der Waals surface area contributed by atoms with E-state index in [4.69, 9.17) is 27.9 Å². The van der Waals surface area contributed by atoms with E-state index in [1.807, 2.05) is 34.5 Å². The minimum Gasteiger partial charge on any atom is -0.481 e. The van der Waals surface area contributed by atoms with Crippen LogP contribution in [0.4, 0.5) is 5.69 Å². The number of carbonyl (C=O) groups is 3. The maximum Gasteiger partial charge on any atom is 0.306 e. The second kappa shape index (κ2) is 14.6. The highest BCUT2D eigenvalue weighted by atomic mass is 35.5. The number of hydrogen-bond acceptors (Lipinski definition) is 7. The monoisotopic (exact) mass is 686 g/mol. The van der Waals surface area contributed by atoms with Gasteiger partial charge in [0.25, 0.3) is 5.91 Å². The van der Waals surface area contributed by atoms with Gasteiger partial charge in [0.1, 0.15) is 0 Å². The molecule has 246 valence electrons. The number of carboxylic acids is 1. The zero-order valence-corrected chi connectivity index (χ0v) is 28.3. The number of likely N-dealkylation sites (N-methyl/N-ethyl adjacent to an activating group) is 1. The van der Waals surface area contributed by atoms with Crippen LogP contribution in [0.1, 0.15) is 48.0 Å². The smallest absolute Gasteiger partial charge is 0.306 e. The Balaban J connectivity index is 1.12. The molecule has 0 spiro atoms. The number of carboxylic acid groups (broad SMARTS) is 1. The van der Waals surface area contributed by atoms with Crippen molar-refractivity contribution in [2.24, 2.45) is 5.92 Å². The van der Waals surface area contributed by atoms with Gasteiger partial charge in [-0.15, -0.1) is 11.3 Å². The van der Waals surface area contributed by atoms with Gasteiger partial charge in [-0.3, -0.25) is 19.3 Å². The van der Waals surface area contributed by atoms with Crippen LogP contribution in [0.2, 0.25) is 10.0 Å². The number of aliphatic carboxylic acids is 1. The van der Waals surface area contributed by atoms with E-state index < -0.39 is 5.97 Å². The molecule has 3 aliphatic rings. The number of likely N-dealkylation sites (tertiary alicyclic amines) is 1. The van der Waals surface area contributed by atoms with Crippen LogP contribution in [0.3, 0.4) is 0 Å². The van der Waals surface area contributed by atoms with Crippen molar-refractivity contribution >= 4 is 68.1 Å². The third kappa shape index (κ3) is 7.53. The van der Waals surface area contributed by atoms with E-state index in [-0.39, 0.29) is 42.3 Å². The molecular formula is C34H40Cl2N4O5S. The standard InChI is InChI=1S/C34H40Cl2N4O5S/c1-38-10-12-39(13-11-38)23-16-24(19-45-25-8-6-21(7-9-25)34(43)44)40(18-23)32(41)15-22-14-29(36)30(17-28(22)35)37-33(42)27-20-46-31-5-3-2-4-26(27)31/h2-5,14,17,20-21,23-25H,6-13,15-16,18-19H2,1H3,(H,37,42)(H,43,44)/t21?,23-,24-,25?/m0/s1. The highest BCUT2D eigenvalue weighted by molar-refractivity contribution is 7.17. The summed E-state index contributed by atoms with van der Waals surface area (Å²) in [6.07, 6.45) is 3.61. The first-order chi connectivity index (χ1) is 22.2. The molecule has 3 aromatic rings. The van der Waals surface area contributed by atoms with Gasteiger partial charge in [0.15, 0.2) is 0 Å². The van der Waals surface area contributed by atoms with Crippen molar-refractivity contribution in [3.8, 4) is 0 Å². The molecule has 1 aromatic heterocycles. The van der Waals surface area contributed by atoms with Gasteiger partial charge in [-0.05, 0) is 62.9 Å². The molecule has 0 bridgehead atoms. The van der Waals surface area contributed by atoms with Crippen molar-refractivity contribution in [2.75, 3.05) is 51.7 Å². The molecule has 2 aromatic carbocycles. The summed E-state index contributed by atoms with van der Waals surface area (Å²) in [4.78, 5) is 45.1. The number of amides is 2. The fraction of sp³-hybridized carbons (Fsp3) is 0.500. The van der Waals surface area contributed by atoms with Crippen LogP contribution < -0.4 is 5.32 Å². The summed E-state index contributed by atoms with van der Waals surface area (Å²) >= 11 is 14.8. The molecule has 2 aliphatic heterocycles. The van der Waals surface area contributed by atoms with E-state index in [0.717, 1.165) is 55.5 Å². The van der Waals surface area contributed by atoms with Crippen molar-refractivity contribution < 1.29 is 24.2 Å². The van der Waals surface area contributed by atoms with Crippen LogP contribution in [0.5, 0.6) is 0 Å². The van der Waals surface area contributed by atoms with Crippen LogP contribution in [0, 0.1) is 5.92 Å². The summed E-state index contributed by atoms with van der Waals surface area (Å²) in [5, 5.41) is 15.6. The minimum absolute atomic E-state index is 0.0123. The molecule has 3 fully saturated rings. The lowest BCUT2D eigenvalue weighted by molar-refractivity contribution is -0.144. The number of carbonyl (C=O) groups excluding carboxylic acids is 2. The molecule has 2 amide bonds. The number of hydrogen-bond donors (Lipinski definition) is 2. The second-order valence-corrected chi connectivity index (χ2v) is 14.5. The van der Waals surface area contributed by atoms with E-state index >= 15 is 0 Å². The fourth-order valence-corrected chi connectivity index (χ4v) is 8.36. The molecule has 46 heavy (non-hydrogen) atoms. The first kappa shape index (κ1) is 33.2. The quantitative estimate of drug-likeness (QED) is 0.290. The summed E-state index contributed by atoms with van der Waals surface area (Å²) in [5.74, 6) is -1.34. The first-order valence-electron chi connectivity index (χ1n) is 16.0. The van der Waals surface area contributed by atoms with Gasteiger partial charge in [-0.2, -0.15) is 0 Å². The summed E-state index contributed by atoms with van der Waals surface area (Å²) in [6.45, 7) is 4.97. The van der Waals surface area contributed by atoms with Gasteiger partial charge < -0.3 is 25.0 Å². The van der Waals surface area contributed by atoms with Gasteiger partial charge >= 0.3 is 5.97 Å². The number of fused-ring (bicyclic) bond motifs is 1. The number of nitrogens with zero attached hydrogens (tertiary/aromatic N) is 3. The van der Waals surface area contributed by atoms with Gasteiger partial charge in [0.05, 0.1) is 47.4 Å². The Morgan fingerprint density at radius 1 is 1.02 bits per heavy atom. The van der Waals surface area contributed by atoms with Gasteiger partial charge in [0.2, 0.25) is 5.91 Å². The van der Waals surface area contributed by atoms with E-state index in [2.05, 4.69) is 22.2 Å². The zero-order valence-electron chi connectivity index (χ0n) is 25.9. The molecule has 2 atom stereocenters. The number of nitrogens with one attached hydrogen (secondary N) is 1. The Labute approximate surface area is 283 Å². The third-order valence-corrected chi connectivity index (χ3v) is 11.4. The second-order valence-electron chi connectivity index (χ2n) is 12.8. The largest absolute Gasteiger partial charge is 0.481 e. The van der Waals surface area contributed by atoms with Crippen LogP contribution >= 0.6 is 34.5 Å². The number of halogens is 2. The average molecular weight is 688 g/mol. The zero-order chi connectivity index (χ0) is 32.4. The molecule has 1 saturated carbocycles. The fourth-order valence-electron chi connectivity index (χ4n) is 6.96. The molecule has 3 heterocycles. The van der Waals surface area contributed by atoms with Crippen molar-refractivity contribution in [3.63, 3.8) is 0 Å². The number of benzene rings is 2. The highest BCUT2D eigenvalue weighted by Crippen LogP contribution is 2.34. The molecule has 9 nitrogen and oxygen atoms in total. The SMILES string of the molecule is CN1CCN([C@H]2C[C@@H](COC3CCC(C(=O)O)CC3)N(C(=O)Cc3cc(Cl)c(NC(=O)c4csc5ccccc45)cc3Cl)C2)CC1.